The van der Waals surface area contributed by atoms with E-state index in [0.717, 1.165) is 48.6 Å². The second-order valence-electron chi connectivity index (χ2n) is 6.79. The van der Waals surface area contributed by atoms with E-state index >= 15 is 0 Å². The van der Waals surface area contributed by atoms with Gasteiger partial charge in [0.25, 0.3) is 0 Å². The fourth-order valence-corrected chi connectivity index (χ4v) is 5.35. The van der Waals surface area contributed by atoms with Crippen LogP contribution in [0.3, 0.4) is 0 Å². The van der Waals surface area contributed by atoms with E-state index in [0.29, 0.717) is 0 Å². The van der Waals surface area contributed by atoms with Crippen LogP contribution in [0, 0.1) is 11.3 Å². The normalized spacial score (nSPS) is 19.1. The monoisotopic (exact) mass is 362 g/mol. The molecule has 5 heteroatoms. The van der Waals surface area contributed by atoms with Gasteiger partial charge in [0.05, 0.1) is 16.9 Å². The molecule has 0 saturated heterocycles. The quantitative estimate of drug-likeness (QED) is 0.686. The number of hydrogen-bond acceptors (Lipinski definition) is 5. The highest BCUT2D eigenvalue weighted by Gasteiger charge is 2.38. The van der Waals surface area contributed by atoms with E-state index in [1.165, 1.54) is 15.8 Å². The molecule has 4 rings (SSSR count). The van der Waals surface area contributed by atoms with Crippen LogP contribution in [-0.4, -0.2) is 23.1 Å². The van der Waals surface area contributed by atoms with E-state index in [2.05, 4.69) is 46.9 Å². The second-order valence-corrected chi connectivity index (χ2v) is 7.87. The van der Waals surface area contributed by atoms with Crippen molar-refractivity contribution in [2.24, 2.45) is 0 Å². The molecule has 0 radical (unpaired) electrons. The zero-order valence-electron chi connectivity index (χ0n) is 15.2. The maximum absolute atomic E-state index is 10.0. The molecular formula is C21H22N4S. The van der Waals surface area contributed by atoms with Crippen LogP contribution in [0.15, 0.2) is 36.7 Å². The first-order valence-electron chi connectivity index (χ1n) is 9.19. The molecule has 2 aromatic heterocycles. The first-order valence-corrected chi connectivity index (χ1v) is 10.0. The van der Waals surface area contributed by atoms with Crippen LogP contribution in [0.2, 0.25) is 0 Å². The van der Waals surface area contributed by atoms with Gasteiger partial charge in [-0.05, 0) is 37.8 Å². The molecule has 3 aromatic rings. The summed E-state index contributed by atoms with van der Waals surface area (Å²) in [6.45, 7) is 6.18. The van der Waals surface area contributed by atoms with Gasteiger partial charge in [-0.3, -0.25) is 0 Å². The number of hydrogen-bond donors (Lipinski definition) is 0. The molecule has 0 amide bonds. The number of aryl methyl sites for hydroxylation is 1. The lowest BCUT2D eigenvalue weighted by molar-refractivity contribution is 0.480. The average Bonchev–Trinajstić information content (AvgIpc) is 3.07. The minimum absolute atomic E-state index is 0.433. The molecule has 1 aliphatic rings. The number of nitrogens with zero attached hydrogens (tertiary/aromatic N) is 4. The third-order valence-corrected chi connectivity index (χ3v) is 6.66. The Morgan fingerprint density at radius 2 is 1.96 bits per heavy atom. The number of benzene rings is 1. The Kier molecular flexibility index (Phi) is 4.37. The summed E-state index contributed by atoms with van der Waals surface area (Å²) < 4.78 is 0. The number of fused-ring (bicyclic) bond motifs is 3. The van der Waals surface area contributed by atoms with Crippen LogP contribution in [0.5, 0.6) is 0 Å². The van der Waals surface area contributed by atoms with Crippen molar-refractivity contribution in [2.45, 2.75) is 38.5 Å². The van der Waals surface area contributed by atoms with Crippen LogP contribution in [0.25, 0.3) is 10.2 Å². The second kappa shape index (κ2) is 6.69. The number of rotatable bonds is 4. The fourth-order valence-electron chi connectivity index (χ4n) is 4.05. The Bertz CT molecular complexity index is 969. The number of thiophene rings is 1. The Morgan fingerprint density at radius 1 is 1.19 bits per heavy atom. The van der Waals surface area contributed by atoms with E-state index in [1.54, 1.807) is 17.7 Å². The highest BCUT2D eigenvalue weighted by atomic mass is 32.1. The van der Waals surface area contributed by atoms with Crippen molar-refractivity contribution in [3.63, 3.8) is 0 Å². The third kappa shape index (κ3) is 2.57. The molecule has 0 unspecified atom stereocenters. The highest BCUT2D eigenvalue weighted by Crippen LogP contribution is 2.45. The summed E-state index contributed by atoms with van der Waals surface area (Å²) in [6.07, 6.45) is 4.19. The van der Waals surface area contributed by atoms with Gasteiger partial charge < -0.3 is 4.90 Å². The van der Waals surface area contributed by atoms with Gasteiger partial charge in [0, 0.05) is 24.4 Å². The lowest BCUT2D eigenvalue weighted by atomic mass is 9.70. The van der Waals surface area contributed by atoms with Crippen molar-refractivity contribution < 1.29 is 0 Å². The van der Waals surface area contributed by atoms with Crippen LogP contribution in [-0.2, 0) is 18.3 Å². The number of anilines is 1. The van der Waals surface area contributed by atoms with Gasteiger partial charge in [0.15, 0.2) is 0 Å². The van der Waals surface area contributed by atoms with E-state index in [1.807, 2.05) is 18.2 Å². The first-order chi connectivity index (χ1) is 12.7. The Labute approximate surface area is 158 Å². The minimum Gasteiger partial charge on any atom is -0.357 e. The van der Waals surface area contributed by atoms with Crippen LogP contribution >= 0.6 is 11.3 Å². The maximum atomic E-state index is 10.0. The van der Waals surface area contributed by atoms with E-state index < -0.39 is 5.41 Å². The van der Waals surface area contributed by atoms with E-state index in [9.17, 15) is 5.26 Å². The van der Waals surface area contributed by atoms with Gasteiger partial charge >= 0.3 is 0 Å². The first kappa shape index (κ1) is 17.0. The lowest BCUT2D eigenvalue weighted by Crippen LogP contribution is -2.31. The molecule has 0 bridgehead atoms. The fraction of sp³-hybridized carbons (Fsp3) is 0.381. The van der Waals surface area contributed by atoms with Crippen molar-refractivity contribution in [2.75, 3.05) is 18.0 Å². The van der Waals surface area contributed by atoms with Gasteiger partial charge in [-0.25, -0.2) is 9.97 Å². The molecule has 0 saturated carbocycles. The Morgan fingerprint density at radius 3 is 2.65 bits per heavy atom. The SMILES string of the molecule is CCN(CC)c1ncnc2sc3c(c12)CC[C@@](C#N)(c1ccccc1)C3. The molecule has 0 fully saturated rings. The van der Waals surface area contributed by atoms with Gasteiger partial charge in [0.1, 0.15) is 17.0 Å². The topological polar surface area (TPSA) is 52.8 Å². The van der Waals surface area contributed by atoms with Crippen LogP contribution in [0.1, 0.15) is 36.3 Å². The molecule has 132 valence electrons. The van der Waals surface area contributed by atoms with Crippen molar-refractivity contribution in [1.82, 2.24) is 9.97 Å². The largest absolute Gasteiger partial charge is 0.357 e. The number of aromatic nitrogens is 2. The van der Waals surface area contributed by atoms with Crippen molar-refractivity contribution in [1.29, 1.82) is 5.26 Å². The molecule has 26 heavy (non-hydrogen) atoms. The maximum Gasteiger partial charge on any atom is 0.141 e. The van der Waals surface area contributed by atoms with Crippen molar-refractivity contribution >= 4 is 27.4 Å². The highest BCUT2D eigenvalue weighted by molar-refractivity contribution is 7.19. The van der Waals surface area contributed by atoms with Crippen molar-refractivity contribution in [3.05, 3.63) is 52.7 Å². The van der Waals surface area contributed by atoms with Gasteiger partial charge in [-0.1, -0.05) is 30.3 Å². The molecule has 4 nitrogen and oxygen atoms in total. The summed E-state index contributed by atoms with van der Waals surface area (Å²) >= 11 is 1.74. The van der Waals surface area contributed by atoms with Crippen LogP contribution in [0.4, 0.5) is 5.82 Å². The minimum atomic E-state index is -0.433. The molecule has 0 spiro atoms. The third-order valence-electron chi connectivity index (χ3n) is 5.52. The zero-order chi connectivity index (χ0) is 18.1. The summed E-state index contributed by atoms with van der Waals surface area (Å²) in [6, 6.07) is 12.9. The Hall–Kier alpha value is -2.45. The summed E-state index contributed by atoms with van der Waals surface area (Å²) in [5, 5.41) is 11.2. The average molecular weight is 363 g/mol. The van der Waals surface area contributed by atoms with Gasteiger partial charge in [0.2, 0.25) is 0 Å². The zero-order valence-corrected chi connectivity index (χ0v) is 16.0. The van der Waals surface area contributed by atoms with Gasteiger partial charge in [-0.15, -0.1) is 11.3 Å². The van der Waals surface area contributed by atoms with E-state index in [4.69, 9.17) is 0 Å². The molecule has 0 N–H and O–H groups in total. The predicted molar refractivity (Wildman–Crippen MR) is 107 cm³/mol. The molecule has 1 aromatic carbocycles. The standard InChI is InChI=1S/C21H22N4S/c1-3-25(4-2)19-18-16-10-11-21(13-22,15-8-6-5-7-9-15)12-17(16)26-20(18)24-14-23-19/h5-9,14H,3-4,10-12H2,1-2H3/t21-/m1/s1. The molecule has 2 heterocycles. The molecular weight excluding hydrogens is 340 g/mol. The molecule has 1 aliphatic carbocycles. The Balaban J connectivity index is 1.84. The predicted octanol–water partition coefficient (Wildman–Crippen LogP) is 4.49. The summed E-state index contributed by atoms with van der Waals surface area (Å²) in [5.41, 5.74) is 2.05. The molecule has 1 atom stereocenters. The molecule has 0 aliphatic heterocycles. The van der Waals surface area contributed by atoms with Crippen LogP contribution < -0.4 is 4.90 Å². The smallest absolute Gasteiger partial charge is 0.141 e. The summed E-state index contributed by atoms with van der Waals surface area (Å²) in [5.74, 6) is 1.04. The summed E-state index contributed by atoms with van der Waals surface area (Å²) in [7, 11) is 0. The van der Waals surface area contributed by atoms with Gasteiger partial charge in [-0.2, -0.15) is 5.26 Å². The number of nitriles is 1. The van der Waals surface area contributed by atoms with Crippen molar-refractivity contribution in [3.8, 4) is 6.07 Å². The lowest BCUT2D eigenvalue weighted by Gasteiger charge is -2.31. The van der Waals surface area contributed by atoms with E-state index in [-0.39, 0.29) is 0 Å². The summed E-state index contributed by atoms with van der Waals surface area (Å²) in [4.78, 5) is 13.8.